The molecule has 3 heteroatoms. The van der Waals surface area contributed by atoms with Crippen LogP contribution in [0.2, 0.25) is 0 Å². The third-order valence-corrected chi connectivity index (χ3v) is 5.66. The molecule has 2 aliphatic rings. The predicted octanol–water partition coefficient (Wildman–Crippen LogP) is 2.70. The Morgan fingerprint density at radius 2 is 1.75 bits per heavy atom. The SMILES string of the molecule is CC(C)CN1CCC(CN)(N(C)C2CCCCC2)CC1. The van der Waals surface area contributed by atoms with Crippen LogP contribution >= 0.6 is 0 Å². The first kappa shape index (κ1) is 16.3. The number of rotatable bonds is 5. The molecule has 3 nitrogen and oxygen atoms in total. The van der Waals surface area contributed by atoms with E-state index in [1.54, 1.807) is 0 Å². The van der Waals surface area contributed by atoms with Gasteiger partial charge in [0.2, 0.25) is 0 Å². The first-order chi connectivity index (χ1) is 9.57. The molecule has 1 aliphatic carbocycles. The number of likely N-dealkylation sites (tertiary alicyclic amines) is 1. The second kappa shape index (κ2) is 7.24. The number of hydrogen-bond donors (Lipinski definition) is 1. The van der Waals surface area contributed by atoms with Gasteiger partial charge >= 0.3 is 0 Å². The van der Waals surface area contributed by atoms with Gasteiger partial charge in [-0.3, -0.25) is 4.90 Å². The van der Waals surface area contributed by atoms with Crippen molar-refractivity contribution >= 4 is 0 Å². The largest absolute Gasteiger partial charge is 0.329 e. The van der Waals surface area contributed by atoms with E-state index in [9.17, 15) is 0 Å². The lowest BCUT2D eigenvalue weighted by Crippen LogP contribution is -2.61. The fourth-order valence-corrected chi connectivity index (χ4v) is 4.22. The van der Waals surface area contributed by atoms with Gasteiger partial charge < -0.3 is 10.6 Å². The van der Waals surface area contributed by atoms with Crippen LogP contribution in [0.25, 0.3) is 0 Å². The molecule has 1 saturated heterocycles. The molecule has 1 saturated carbocycles. The number of hydrogen-bond acceptors (Lipinski definition) is 3. The smallest absolute Gasteiger partial charge is 0.0355 e. The van der Waals surface area contributed by atoms with Gasteiger partial charge in [-0.2, -0.15) is 0 Å². The van der Waals surface area contributed by atoms with E-state index >= 15 is 0 Å². The van der Waals surface area contributed by atoms with E-state index < -0.39 is 0 Å². The van der Waals surface area contributed by atoms with Crippen LogP contribution in [0.4, 0.5) is 0 Å². The zero-order valence-electron chi connectivity index (χ0n) is 13.9. The maximum Gasteiger partial charge on any atom is 0.0355 e. The number of piperidine rings is 1. The van der Waals surface area contributed by atoms with Crippen molar-refractivity contribution < 1.29 is 0 Å². The minimum Gasteiger partial charge on any atom is -0.329 e. The summed E-state index contributed by atoms with van der Waals surface area (Å²) in [5, 5.41) is 0. The van der Waals surface area contributed by atoms with E-state index in [1.165, 1.54) is 64.6 Å². The third-order valence-electron chi connectivity index (χ3n) is 5.66. The molecule has 2 fully saturated rings. The minimum absolute atomic E-state index is 0.273. The molecule has 0 aromatic rings. The average molecular weight is 281 g/mol. The van der Waals surface area contributed by atoms with Gasteiger partial charge in [0.15, 0.2) is 0 Å². The lowest BCUT2D eigenvalue weighted by molar-refractivity contribution is 0.00344. The zero-order valence-corrected chi connectivity index (χ0v) is 13.9. The topological polar surface area (TPSA) is 32.5 Å². The highest BCUT2D eigenvalue weighted by molar-refractivity contribution is 4.98. The molecule has 0 aromatic carbocycles. The fourth-order valence-electron chi connectivity index (χ4n) is 4.22. The molecular formula is C17H35N3. The van der Waals surface area contributed by atoms with Crippen LogP contribution in [-0.4, -0.2) is 54.6 Å². The van der Waals surface area contributed by atoms with Crippen molar-refractivity contribution in [1.82, 2.24) is 9.80 Å². The molecule has 1 aliphatic heterocycles. The van der Waals surface area contributed by atoms with Crippen LogP contribution < -0.4 is 5.73 Å². The van der Waals surface area contributed by atoms with Gasteiger partial charge in [-0.05, 0) is 51.7 Å². The monoisotopic (exact) mass is 281 g/mol. The summed E-state index contributed by atoms with van der Waals surface area (Å²) in [6.07, 6.45) is 9.53. The molecule has 118 valence electrons. The van der Waals surface area contributed by atoms with Crippen molar-refractivity contribution in [2.75, 3.05) is 33.2 Å². The van der Waals surface area contributed by atoms with Crippen molar-refractivity contribution in [2.45, 2.75) is 70.4 Å². The molecule has 0 aromatic heterocycles. The second-order valence-corrected chi connectivity index (χ2v) is 7.53. The van der Waals surface area contributed by atoms with Gasteiger partial charge in [0, 0.05) is 24.7 Å². The molecule has 0 unspecified atom stereocenters. The van der Waals surface area contributed by atoms with E-state index in [1.807, 2.05) is 0 Å². The fraction of sp³-hybridized carbons (Fsp3) is 1.00. The Bertz CT molecular complexity index is 276. The van der Waals surface area contributed by atoms with Crippen LogP contribution in [-0.2, 0) is 0 Å². The van der Waals surface area contributed by atoms with Crippen LogP contribution in [0.15, 0.2) is 0 Å². The van der Waals surface area contributed by atoms with Crippen LogP contribution in [0.1, 0.15) is 58.8 Å². The number of nitrogens with two attached hydrogens (primary N) is 1. The van der Waals surface area contributed by atoms with Crippen molar-refractivity contribution in [2.24, 2.45) is 11.7 Å². The van der Waals surface area contributed by atoms with E-state index in [0.717, 1.165) is 18.5 Å². The second-order valence-electron chi connectivity index (χ2n) is 7.53. The van der Waals surface area contributed by atoms with Gasteiger partial charge in [0.1, 0.15) is 0 Å². The molecule has 0 radical (unpaired) electrons. The van der Waals surface area contributed by atoms with E-state index in [2.05, 4.69) is 30.7 Å². The maximum atomic E-state index is 6.23. The van der Waals surface area contributed by atoms with Gasteiger partial charge in [-0.15, -0.1) is 0 Å². The van der Waals surface area contributed by atoms with Crippen molar-refractivity contribution in [3.63, 3.8) is 0 Å². The van der Waals surface area contributed by atoms with E-state index in [0.29, 0.717) is 0 Å². The predicted molar refractivity (Wildman–Crippen MR) is 86.9 cm³/mol. The van der Waals surface area contributed by atoms with Gasteiger partial charge in [0.05, 0.1) is 0 Å². The van der Waals surface area contributed by atoms with Crippen molar-refractivity contribution in [3.8, 4) is 0 Å². The van der Waals surface area contributed by atoms with Gasteiger partial charge in [-0.1, -0.05) is 33.1 Å². The standard InChI is InChI=1S/C17H35N3/c1-15(2)13-20-11-9-17(14-18,10-12-20)19(3)16-7-5-4-6-8-16/h15-16H,4-14,18H2,1-3H3. The highest BCUT2D eigenvalue weighted by Gasteiger charge is 2.39. The molecular weight excluding hydrogens is 246 g/mol. The average Bonchev–Trinajstić information content (AvgIpc) is 2.48. The Morgan fingerprint density at radius 3 is 2.25 bits per heavy atom. The molecule has 0 bridgehead atoms. The lowest BCUT2D eigenvalue weighted by Gasteiger charge is -2.51. The summed E-state index contributed by atoms with van der Waals surface area (Å²) in [7, 11) is 2.35. The van der Waals surface area contributed by atoms with Crippen LogP contribution in [0.3, 0.4) is 0 Å². The normalized spacial score (nSPS) is 25.5. The maximum absolute atomic E-state index is 6.23. The Morgan fingerprint density at radius 1 is 1.15 bits per heavy atom. The molecule has 2 N–H and O–H groups in total. The van der Waals surface area contributed by atoms with Crippen LogP contribution in [0.5, 0.6) is 0 Å². The highest BCUT2D eigenvalue weighted by Crippen LogP contribution is 2.33. The van der Waals surface area contributed by atoms with E-state index in [4.69, 9.17) is 5.73 Å². The molecule has 1 heterocycles. The quantitative estimate of drug-likeness (QED) is 0.841. The number of likely N-dealkylation sites (N-methyl/N-ethyl adjacent to an activating group) is 1. The molecule has 2 rings (SSSR count). The summed E-state index contributed by atoms with van der Waals surface area (Å²) in [6.45, 7) is 9.17. The number of nitrogens with zero attached hydrogens (tertiary/aromatic N) is 2. The Kier molecular flexibility index (Phi) is 5.88. The lowest BCUT2D eigenvalue weighted by atomic mass is 9.82. The summed E-state index contributed by atoms with van der Waals surface area (Å²) >= 11 is 0. The Hall–Kier alpha value is -0.120. The molecule has 0 amide bonds. The summed E-state index contributed by atoms with van der Waals surface area (Å²) in [5.41, 5.74) is 6.51. The first-order valence-corrected chi connectivity index (χ1v) is 8.73. The summed E-state index contributed by atoms with van der Waals surface area (Å²) < 4.78 is 0. The van der Waals surface area contributed by atoms with Gasteiger partial charge in [-0.25, -0.2) is 0 Å². The molecule has 20 heavy (non-hydrogen) atoms. The summed E-state index contributed by atoms with van der Waals surface area (Å²) in [4.78, 5) is 5.31. The highest BCUT2D eigenvalue weighted by atomic mass is 15.2. The van der Waals surface area contributed by atoms with E-state index in [-0.39, 0.29) is 5.54 Å². The minimum atomic E-state index is 0.273. The summed E-state index contributed by atoms with van der Waals surface area (Å²) in [5.74, 6) is 0.774. The Labute approximate surface area is 125 Å². The van der Waals surface area contributed by atoms with Gasteiger partial charge in [0.25, 0.3) is 0 Å². The Balaban J connectivity index is 1.93. The molecule has 0 atom stereocenters. The zero-order chi connectivity index (χ0) is 14.6. The van der Waals surface area contributed by atoms with Crippen LogP contribution in [0, 0.1) is 5.92 Å². The van der Waals surface area contributed by atoms with Crippen molar-refractivity contribution in [1.29, 1.82) is 0 Å². The van der Waals surface area contributed by atoms with Crippen molar-refractivity contribution in [3.05, 3.63) is 0 Å². The third kappa shape index (κ3) is 3.75. The summed E-state index contributed by atoms with van der Waals surface area (Å²) in [6, 6.07) is 0.781. The first-order valence-electron chi connectivity index (χ1n) is 8.73. The molecule has 0 spiro atoms.